The third-order valence-corrected chi connectivity index (χ3v) is 5.25. The van der Waals surface area contributed by atoms with E-state index < -0.39 is 0 Å². The van der Waals surface area contributed by atoms with Crippen LogP contribution in [0.25, 0.3) is 0 Å². The number of alkyl halides is 1. The Labute approximate surface area is 174 Å². The maximum atomic E-state index is 10.9. The van der Waals surface area contributed by atoms with Gasteiger partial charge in [-0.3, -0.25) is 4.79 Å². The van der Waals surface area contributed by atoms with Crippen LogP contribution in [0, 0.1) is 0 Å². The second kappa shape index (κ2) is 23.5. The molecule has 3 heteroatoms. The summed E-state index contributed by atoms with van der Waals surface area (Å²) in [5, 5.41) is 0. The third-order valence-electron chi connectivity index (χ3n) is 5.03. The highest BCUT2D eigenvalue weighted by Gasteiger charge is 1.98. The number of carbonyl (C=O) groups is 1. The molecule has 0 unspecified atom stereocenters. The minimum Gasteiger partial charge on any atom is -0.465 e. The van der Waals surface area contributed by atoms with Crippen LogP contribution in [0.15, 0.2) is 12.2 Å². The SMILES string of the molecule is CCCCCCCCC=CCCCCCCCCCCCCOC(=O)CCl. The molecule has 0 N–H and O–H groups in total. The van der Waals surface area contributed by atoms with E-state index in [1.807, 2.05) is 0 Å². The van der Waals surface area contributed by atoms with E-state index in [-0.39, 0.29) is 11.8 Å². The molecule has 2 nitrogen and oxygen atoms in total. The molecule has 27 heavy (non-hydrogen) atoms. The normalized spacial score (nSPS) is 11.3. The highest BCUT2D eigenvalue weighted by atomic mass is 35.5. The molecule has 0 atom stereocenters. The molecular weight excluding hydrogens is 356 g/mol. The quantitative estimate of drug-likeness (QED) is 0.0836. The number of allylic oxidation sites excluding steroid dienone is 2. The number of ether oxygens (including phenoxy) is 1. The van der Waals surface area contributed by atoms with Crippen LogP contribution in [0.1, 0.15) is 122 Å². The lowest BCUT2D eigenvalue weighted by molar-refractivity contribution is -0.140. The summed E-state index contributed by atoms with van der Waals surface area (Å²) < 4.78 is 4.95. The van der Waals surface area contributed by atoms with E-state index in [4.69, 9.17) is 16.3 Å². The van der Waals surface area contributed by atoms with Crippen molar-refractivity contribution >= 4 is 17.6 Å². The van der Waals surface area contributed by atoms with E-state index in [2.05, 4.69) is 19.1 Å². The van der Waals surface area contributed by atoms with Gasteiger partial charge in [0.25, 0.3) is 0 Å². The third kappa shape index (κ3) is 23.5. The van der Waals surface area contributed by atoms with Crippen molar-refractivity contribution in [3.05, 3.63) is 12.2 Å². The molecule has 0 aromatic carbocycles. The molecule has 0 spiro atoms. The molecule has 160 valence electrons. The molecule has 0 aliphatic rings. The van der Waals surface area contributed by atoms with Crippen LogP contribution in [-0.4, -0.2) is 18.5 Å². The van der Waals surface area contributed by atoms with Gasteiger partial charge in [0.2, 0.25) is 0 Å². The molecule has 0 heterocycles. The molecule has 0 aromatic heterocycles. The van der Waals surface area contributed by atoms with Crippen LogP contribution in [0.3, 0.4) is 0 Å². The molecule has 0 fully saturated rings. The van der Waals surface area contributed by atoms with Gasteiger partial charge in [0.05, 0.1) is 6.61 Å². The Bertz CT molecular complexity index is 328. The smallest absolute Gasteiger partial charge is 0.320 e. The molecule has 0 aliphatic heterocycles. The maximum Gasteiger partial charge on any atom is 0.320 e. The summed E-state index contributed by atoms with van der Waals surface area (Å²) in [4.78, 5) is 10.9. The van der Waals surface area contributed by atoms with Gasteiger partial charge < -0.3 is 4.74 Å². The van der Waals surface area contributed by atoms with Crippen molar-refractivity contribution in [2.45, 2.75) is 122 Å². The molecule has 0 aromatic rings. The van der Waals surface area contributed by atoms with E-state index in [9.17, 15) is 4.79 Å². The standard InChI is InChI=1S/C24H45ClO2/c1-2-3-4-5-6-7-8-9-10-11-12-13-14-15-16-17-18-19-20-21-22-27-24(26)23-25/h9-10H,2-8,11-23H2,1H3. The molecule has 0 saturated carbocycles. The molecular formula is C24H45ClO2. The van der Waals surface area contributed by atoms with Gasteiger partial charge in [-0.25, -0.2) is 0 Å². The number of unbranched alkanes of at least 4 members (excludes halogenated alkanes) is 16. The van der Waals surface area contributed by atoms with Gasteiger partial charge in [-0.2, -0.15) is 0 Å². The fraction of sp³-hybridized carbons (Fsp3) is 0.875. The van der Waals surface area contributed by atoms with Gasteiger partial charge in [-0.15, -0.1) is 11.6 Å². The van der Waals surface area contributed by atoms with Crippen LogP contribution in [0.4, 0.5) is 0 Å². The van der Waals surface area contributed by atoms with Crippen LogP contribution in [-0.2, 0) is 9.53 Å². The number of hydrogen-bond donors (Lipinski definition) is 0. The lowest BCUT2D eigenvalue weighted by Gasteiger charge is -2.03. The molecule has 0 saturated heterocycles. The first kappa shape index (κ1) is 26.5. The highest BCUT2D eigenvalue weighted by Crippen LogP contribution is 2.12. The number of carbonyl (C=O) groups excluding carboxylic acids is 1. The summed E-state index contributed by atoms with van der Waals surface area (Å²) in [6, 6.07) is 0. The summed E-state index contributed by atoms with van der Waals surface area (Å²) in [5.41, 5.74) is 0. The van der Waals surface area contributed by atoms with Crippen LogP contribution >= 0.6 is 11.6 Å². The Balaban J connectivity index is 3.08. The molecule has 0 amide bonds. The first-order chi connectivity index (χ1) is 13.3. The van der Waals surface area contributed by atoms with E-state index >= 15 is 0 Å². The summed E-state index contributed by atoms with van der Waals surface area (Å²) in [5.74, 6) is -0.333. The van der Waals surface area contributed by atoms with Crippen LogP contribution < -0.4 is 0 Å². The Hall–Kier alpha value is -0.500. The average molecular weight is 401 g/mol. The largest absolute Gasteiger partial charge is 0.465 e. The topological polar surface area (TPSA) is 26.3 Å². The van der Waals surface area contributed by atoms with Gasteiger partial charge in [0, 0.05) is 0 Å². The van der Waals surface area contributed by atoms with Crippen molar-refractivity contribution in [3.63, 3.8) is 0 Å². The summed E-state index contributed by atoms with van der Waals surface area (Å²) in [6.07, 6.45) is 28.6. The van der Waals surface area contributed by atoms with Gasteiger partial charge >= 0.3 is 5.97 Å². The minimum atomic E-state index is -0.301. The average Bonchev–Trinajstić information content (AvgIpc) is 2.68. The van der Waals surface area contributed by atoms with E-state index in [0.29, 0.717) is 6.61 Å². The van der Waals surface area contributed by atoms with Crippen LogP contribution in [0.5, 0.6) is 0 Å². The number of hydrogen-bond acceptors (Lipinski definition) is 2. The minimum absolute atomic E-state index is 0.0323. The van der Waals surface area contributed by atoms with Gasteiger partial charge in [-0.1, -0.05) is 103 Å². The summed E-state index contributed by atoms with van der Waals surface area (Å²) >= 11 is 5.37. The first-order valence-corrected chi connectivity index (χ1v) is 12.2. The number of halogens is 1. The van der Waals surface area contributed by atoms with Crippen molar-refractivity contribution in [2.75, 3.05) is 12.5 Å². The summed E-state index contributed by atoms with van der Waals surface area (Å²) in [7, 11) is 0. The van der Waals surface area contributed by atoms with Gasteiger partial charge in [0.15, 0.2) is 0 Å². The lowest BCUT2D eigenvalue weighted by atomic mass is 10.1. The highest BCUT2D eigenvalue weighted by molar-refractivity contribution is 6.26. The molecule has 0 bridgehead atoms. The van der Waals surface area contributed by atoms with Crippen molar-refractivity contribution in [2.24, 2.45) is 0 Å². The van der Waals surface area contributed by atoms with Crippen molar-refractivity contribution in [1.29, 1.82) is 0 Å². The maximum absolute atomic E-state index is 10.9. The van der Waals surface area contributed by atoms with Crippen molar-refractivity contribution in [3.8, 4) is 0 Å². The fourth-order valence-electron chi connectivity index (χ4n) is 3.28. The molecule has 0 rings (SSSR count). The first-order valence-electron chi connectivity index (χ1n) is 11.7. The zero-order valence-electron chi connectivity index (χ0n) is 18.0. The zero-order chi connectivity index (χ0) is 19.8. The Morgan fingerprint density at radius 2 is 1.07 bits per heavy atom. The predicted octanol–water partition coefficient (Wildman–Crippen LogP) is 8.37. The van der Waals surface area contributed by atoms with Gasteiger partial charge in [-0.05, 0) is 32.1 Å². The van der Waals surface area contributed by atoms with E-state index in [0.717, 1.165) is 12.8 Å². The van der Waals surface area contributed by atoms with Crippen molar-refractivity contribution < 1.29 is 9.53 Å². The Kier molecular flexibility index (Phi) is 23.1. The Morgan fingerprint density at radius 3 is 1.52 bits per heavy atom. The zero-order valence-corrected chi connectivity index (χ0v) is 18.7. The van der Waals surface area contributed by atoms with E-state index in [1.165, 1.54) is 103 Å². The monoisotopic (exact) mass is 400 g/mol. The van der Waals surface area contributed by atoms with Crippen molar-refractivity contribution in [1.82, 2.24) is 0 Å². The molecule has 0 radical (unpaired) electrons. The number of rotatable bonds is 21. The second-order valence-corrected chi connectivity index (χ2v) is 7.97. The fourth-order valence-corrected chi connectivity index (χ4v) is 3.36. The van der Waals surface area contributed by atoms with Crippen LogP contribution in [0.2, 0.25) is 0 Å². The molecule has 0 aliphatic carbocycles. The Morgan fingerprint density at radius 1 is 0.667 bits per heavy atom. The predicted molar refractivity (Wildman–Crippen MR) is 120 cm³/mol. The lowest BCUT2D eigenvalue weighted by Crippen LogP contribution is -2.06. The van der Waals surface area contributed by atoms with Gasteiger partial charge in [0.1, 0.15) is 5.88 Å². The number of esters is 1. The van der Waals surface area contributed by atoms with E-state index in [1.54, 1.807) is 0 Å². The summed E-state index contributed by atoms with van der Waals surface area (Å²) in [6.45, 7) is 2.80. The second-order valence-electron chi connectivity index (χ2n) is 7.71.